The Morgan fingerprint density at radius 1 is 1.05 bits per heavy atom. The molecule has 0 saturated carbocycles. The first-order valence-electron chi connectivity index (χ1n) is 13.1. The summed E-state index contributed by atoms with van der Waals surface area (Å²) in [5.41, 5.74) is 4.53. The second-order valence-electron chi connectivity index (χ2n) is 11.3. The average Bonchev–Trinajstić information content (AvgIpc) is 3.17. The van der Waals surface area contributed by atoms with Crippen molar-refractivity contribution < 1.29 is 23.8 Å². The van der Waals surface area contributed by atoms with E-state index in [2.05, 4.69) is 20.7 Å². The molecule has 0 N–H and O–H groups in total. The van der Waals surface area contributed by atoms with Crippen molar-refractivity contribution in [1.29, 1.82) is 0 Å². The van der Waals surface area contributed by atoms with Crippen molar-refractivity contribution in [3.05, 3.63) is 51.7 Å². The summed E-state index contributed by atoms with van der Waals surface area (Å²) < 4.78 is 18.2. The molecule has 3 rings (SSSR count). The standard InChI is InChI=1S/C29H37ClN6O5/c1-11-12-13-14-19-21-23(30)32-25(36(26(37)40-28(4,5)6)27(38)41-29(7,8)9)33-24(21)35(34-19)16-20-18(3)22(39-10)17(2)15-31-20/h11,13,15H,14,16H2,1-10H3. The van der Waals surface area contributed by atoms with Gasteiger partial charge in [-0.05, 0) is 74.5 Å². The van der Waals surface area contributed by atoms with Gasteiger partial charge in [-0.25, -0.2) is 14.3 Å². The summed E-state index contributed by atoms with van der Waals surface area (Å²) in [7, 11) is 1.61. The van der Waals surface area contributed by atoms with Gasteiger partial charge in [0, 0.05) is 23.7 Å². The van der Waals surface area contributed by atoms with Gasteiger partial charge in [0.05, 0.1) is 30.4 Å². The molecule has 0 unspecified atom stereocenters. The number of anilines is 1. The molecule has 12 heteroatoms. The van der Waals surface area contributed by atoms with Crippen LogP contribution in [-0.2, 0) is 22.4 Å². The van der Waals surface area contributed by atoms with Crippen molar-refractivity contribution in [2.24, 2.45) is 0 Å². The first kappa shape index (κ1) is 31.6. The number of pyridine rings is 1. The Bertz CT molecular complexity index is 1500. The molecule has 220 valence electrons. The first-order valence-corrected chi connectivity index (χ1v) is 13.5. The molecule has 0 aliphatic heterocycles. The fourth-order valence-corrected chi connectivity index (χ4v) is 4.21. The van der Waals surface area contributed by atoms with Crippen LogP contribution in [0.3, 0.4) is 0 Å². The number of allylic oxidation sites excluding steroid dienone is 1. The largest absolute Gasteiger partial charge is 0.496 e. The maximum atomic E-state index is 13.3. The molecule has 11 nitrogen and oxygen atoms in total. The van der Waals surface area contributed by atoms with Crippen LogP contribution >= 0.6 is 11.6 Å². The van der Waals surface area contributed by atoms with Gasteiger partial charge in [0.1, 0.15) is 22.1 Å². The third kappa shape index (κ3) is 7.62. The Morgan fingerprint density at radius 3 is 2.20 bits per heavy atom. The Hall–Kier alpha value is -3.95. The predicted molar refractivity (Wildman–Crippen MR) is 157 cm³/mol. The average molecular weight is 585 g/mol. The van der Waals surface area contributed by atoms with Crippen molar-refractivity contribution in [3.63, 3.8) is 0 Å². The molecular weight excluding hydrogens is 548 g/mol. The predicted octanol–water partition coefficient (Wildman–Crippen LogP) is 6.50. The van der Waals surface area contributed by atoms with Crippen LogP contribution in [-0.4, -0.2) is 55.2 Å². The molecule has 41 heavy (non-hydrogen) atoms. The number of ether oxygens (including phenoxy) is 3. The molecule has 3 aromatic heterocycles. The van der Waals surface area contributed by atoms with Crippen molar-refractivity contribution in [1.82, 2.24) is 24.7 Å². The lowest BCUT2D eigenvalue weighted by Crippen LogP contribution is -2.44. The maximum absolute atomic E-state index is 13.3. The molecule has 0 atom stereocenters. The number of hydrogen-bond donors (Lipinski definition) is 0. The number of fused-ring (bicyclic) bond motifs is 1. The summed E-state index contributed by atoms with van der Waals surface area (Å²) in [5.74, 6) is 0.408. The van der Waals surface area contributed by atoms with Gasteiger partial charge in [-0.3, -0.25) is 4.98 Å². The number of rotatable bonds is 6. The van der Waals surface area contributed by atoms with Gasteiger partial charge in [0.15, 0.2) is 5.65 Å². The zero-order chi connectivity index (χ0) is 30.7. The van der Waals surface area contributed by atoms with Crippen molar-refractivity contribution in [2.45, 2.75) is 86.5 Å². The van der Waals surface area contributed by atoms with Crippen LogP contribution in [0, 0.1) is 13.8 Å². The van der Waals surface area contributed by atoms with E-state index in [0.717, 1.165) is 16.9 Å². The number of carbonyl (C=O) groups is 2. The van der Waals surface area contributed by atoms with Gasteiger partial charge in [-0.1, -0.05) is 11.6 Å². The van der Waals surface area contributed by atoms with E-state index in [4.69, 9.17) is 30.9 Å². The summed E-state index contributed by atoms with van der Waals surface area (Å²) in [4.78, 5) is 40.7. The Morgan fingerprint density at radius 2 is 1.66 bits per heavy atom. The second kappa shape index (κ2) is 12.3. The van der Waals surface area contributed by atoms with Crippen molar-refractivity contribution in [2.75, 3.05) is 12.0 Å². The van der Waals surface area contributed by atoms with Crippen molar-refractivity contribution in [3.8, 4) is 5.75 Å². The number of aryl methyl sites for hydroxylation is 1. The fourth-order valence-electron chi connectivity index (χ4n) is 3.94. The van der Waals surface area contributed by atoms with Gasteiger partial charge in [-0.15, -0.1) is 10.6 Å². The number of carbonyl (C=O) groups excluding carboxylic acids is 2. The van der Waals surface area contributed by atoms with E-state index in [0.29, 0.717) is 33.7 Å². The monoisotopic (exact) mass is 584 g/mol. The van der Waals surface area contributed by atoms with Crippen LogP contribution in [0.15, 0.2) is 24.1 Å². The summed E-state index contributed by atoms with van der Waals surface area (Å²) >= 11 is 6.70. The van der Waals surface area contributed by atoms with E-state index in [1.807, 2.05) is 26.8 Å². The van der Waals surface area contributed by atoms with Gasteiger partial charge >= 0.3 is 12.2 Å². The van der Waals surface area contributed by atoms with E-state index in [-0.39, 0.29) is 17.6 Å². The summed E-state index contributed by atoms with van der Waals surface area (Å²) in [6.45, 7) is 16.0. The van der Waals surface area contributed by atoms with Crippen LogP contribution in [0.4, 0.5) is 15.5 Å². The molecule has 0 aliphatic carbocycles. The lowest BCUT2D eigenvalue weighted by molar-refractivity contribution is 0.0427. The van der Waals surface area contributed by atoms with Crippen LogP contribution < -0.4 is 9.64 Å². The number of nitrogens with zero attached hydrogens (tertiary/aromatic N) is 6. The van der Waals surface area contributed by atoms with E-state index >= 15 is 0 Å². The van der Waals surface area contributed by atoms with Crippen LogP contribution in [0.1, 0.15) is 71.0 Å². The normalized spacial score (nSPS) is 11.6. The minimum atomic E-state index is -1.01. The fraction of sp³-hybridized carbons (Fsp3) is 0.483. The number of amides is 2. The summed E-state index contributed by atoms with van der Waals surface area (Å²) in [6.07, 6.45) is 3.68. The number of aromatic nitrogens is 5. The SMILES string of the molecule is CC=C=CCc1nn(Cc2ncc(C)c(OC)c2C)c2nc(N(C(=O)OC(C)(C)C)C(=O)OC(C)(C)C)nc(Cl)c12. The highest BCUT2D eigenvalue weighted by atomic mass is 35.5. The van der Waals surface area contributed by atoms with E-state index in [1.54, 1.807) is 65.6 Å². The number of hydrogen-bond acceptors (Lipinski definition) is 9. The highest BCUT2D eigenvalue weighted by molar-refractivity contribution is 6.34. The molecule has 0 radical (unpaired) electrons. The van der Waals surface area contributed by atoms with E-state index in [9.17, 15) is 9.59 Å². The zero-order valence-electron chi connectivity index (χ0n) is 25.2. The molecule has 0 spiro atoms. The van der Waals surface area contributed by atoms with Gasteiger partial charge < -0.3 is 14.2 Å². The quantitative estimate of drug-likeness (QED) is 0.236. The van der Waals surface area contributed by atoms with Crippen LogP contribution in [0.2, 0.25) is 5.15 Å². The van der Waals surface area contributed by atoms with Crippen molar-refractivity contribution >= 4 is 40.8 Å². The number of methoxy groups -OCH3 is 1. The lowest BCUT2D eigenvalue weighted by Gasteiger charge is -2.27. The Balaban J connectivity index is 2.25. The first-order chi connectivity index (χ1) is 19.1. The number of halogens is 1. The van der Waals surface area contributed by atoms with Crippen LogP contribution in [0.5, 0.6) is 5.75 Å². The second-order valence-corrected chi connectivity index (χ2v) is 11.7. The minimum Gasteiger partial charge on any atom is -0.496 e. The number of imide groups is 1. The molecule has 0 saturated heterocycles. The summed E-state index contributed by atoms with van der Waals surface area (Å²) in [6, 6.07) is 0. The molecule has 0 aliphatic rings. The molecule has 3 aromatic rings. The summed E-state index contributed by atoms with van der Waals surface area (Å²) in [5, 5.41) is 5.23. The highest BCUT2D eigenvalue weighted by Gasteiger charge is 2.36. The van der Waals surface area contributed by atoms with Gasteiger partial charge in [-0.2, -0.15) is 15.1 Å². The van der Waals surface area contributed by atoms with Crippen LogP contribution in [0.25, 0.3) is 11.0 Å². The molecule has 0 aromatic carbocycles. The molecule has 3 heterocycles. The highest BCUT2D eigenvalue weighted by Crippen LogP contribution is 2.30. The Kier molecular flexibility index (Phi) is 9.46. The van der Waals surface area contributed by atoms with Gasteiger partial charge in [0.25, 0.3) is 0 Å². The van der Waals surface area contributed by atoms with E-state index in [1.165, 1.54) is 0 Å². The third-order valence-electron chi connectivity index (χ3n) is 5.59. The smallest absolute Gasteiger partial charge is 0.427 e. The third-order valence-corrected chi connectivity index (χ3v) is 5.86. The Labute approximate surface area is 245 Å². The lowest BCUT2D eigenvalue weighted by atomic mass is 10.1. The molecule has 2 amide bonds. The molecule has 0 bridgehead atoms. The molecular formula is C29H37ClN6O5. The minimum absolute atomic E-state index is 0.00316. The van der Waals surface area contributed by atoms with Gasteiger partial charge in [0.2, 0.25) is 5.95 Å². The topological polar surface area (TPSA) is 122 Å². The van der Waals surface area contributed by atoms with E-state index < -0.39 is 23.4 Å². The maximum Gasteiger partial charge on any atom is 0.427 e. The molecule has 0 fully saturated rings. The zero-order valence-corrected chi connectivity index (χ0v) is 26.0.